The van der Waals surface area contributed by atoms with Gasteiger partial charge in [0.05, 0.1) is 6.16 Å². The lowest BCUT2D eigenvalue weighted by atomic mass is 10.8. The van der Waals surface area contributed by atoms with Crippen LogP contribution in [0.3, 0.4) is 0 Å². The van der Waals surface area contributed by atoms with Crippen molar-refractivity contribution >= 4 is 13.3 Å². The lowest BCUT2D eigenvalue weighted by Crippen LogP contribution is -2.04. The van der Waals surface area contributed by atoms with E-state index < -0.39 is 13.3 Å². The lowest BCUT2D eigenvalue weighted by Gasteiger charge is -2.04. The first kappa shape index (κ1) is 10.4. The van der Waals surface area contributed by atoms with Crippen LogP contribution in [0.5, 0.6) is 0 Å². The fourth-order valence-corrected chi connectivity index (χ4v) is 0.947. The van der Waals surface area contributed by atoms with Crippen molar-refractivity contribution in [2.45, 2.75) is 6.92 Å². The molecule has 0 aromatic carbocycles. The number of carbonyl (C=O) groups is 1. The maximum absolute atomic E-state index is 10.8. The van der Waals surface area contributed by atoms with Crippen molar-refractivity contribution in [2.24, 2.45) is 0 Å². The third-order valence-corrected chi connectivity index (χ3v) is 2.40. The van der Waals surface area contributed by atoms with Crippen molar-refractivity contribution in [2.75, 3.05) is 12.8 Å². The molecule has 0 aliphatic carbocycles. The Morgan fingerprint density at radius 3 is 2.73 bits per heavy atom. The molecule has 1 unspecified atom stereocenters. The molecule has 1 N–H and O–H groups in total. The zero-order chi connectivity index (χ0) is 8.91. The number of hydrogen-bond acceptors (Lipinski definition) is 3. The minimum absolute atomic E-state index is 0.0326. The van der Waals surface area contributed by atoms with E-state index in [-0.39, 0.29) is 12.8 Å². The Hall–Kier alpha value is -0.600. The minimum atomic E-state index is -3.24. The predicted octanol–water partition coefficient (Wildman–Crippen LogP) is 0.963. The zero-order valence-corrected chi connectivity index (χ0v) is 7.21. The maximum Gasteiger partial charge on any atom is 0.302 e. The summed E-state index contributed by atoms with van der Waals surface area (Å²) >= 11 is 0. The highest BCUT2D eigenvalue weighted by Gasteiger charge is 2.12. The second-order valence-electron chi connectivity index (χ2n) is 2.00. The van der Waals surface area contributed by atoms with Crippen LogP contribution < -0.4 is 0 Å². The van der Waals surface area contributed by atoms with Gasteiger partial charge >= 0.3 is 5.97 Å². The Kier molecular flexibility index (Phi) is 4.08. The van der Waals surface area contributed by atoms with Gasteiger partial charge in [-0.1, -0.05) is 6.58 Å². The van der Waals surface area contributed by atoms with Gasteiger partial charge in [-0.15, -0.1) is 0 Å². The summed E-state index contributed by atoms with van der Waals surface area (Å²) in [7, 11) is -3.24. The van der Waals surface area contributed by atoms with E-state index in [9.17, 15) is 9.36 Å². The molecule has 64 valence electrons. The average Bonchev–Trinajstić information content (AvgIpc) is 1.87. The van der Waals surface area contributed by atoms with Crippen molar-refractivity contribution in [3.8, 4) is 0 Å². The summed E-state index contributed by atoms with van der Waals surface area (Å²) < 4.78 is 15.3. The number of rotatable bonds is 4. The summed E-state index contributed by atoms with van der Waals surface area (Å²) in [5.41, 5.74) is 0. The molecule has 0 fully saturated rings. The van der Waals surface area contributed by atoms with Gasteiger partial charge in [0.1, 0.15) is 6.61 Å². The van der Waals surface area contributed by atoms with Crippen molar-refractivity contribution in [3.63, 3.8) is 0 Å². The Balaban J connectivity index is 3.62. The third kappa shape index (κ3) is 5.83. The molecule has 11 heavy (non-hydrogen) atoms. The summed E-state index contributed by atoms with van der Waals surface area (Å²) in [4.78, 5) is 19.1. The monoisotopic (exact) mass is 178 g/mol. The molecule has 0 aliphatic rings. The first-order valence-electron chi connectivity index (χ1n) is 3.06. The second-order valence-corrected chi connectivity index (χ2v) is 4.33. The van der Waals surface area contributed by atoms with E-state index in [0.29, 0.717) is 0 Å². The largest absolute Gasteiger partial charge is 0.465 e. The lowest BCUT2D eigenvalue weighted by molar-refractivity contribution is -0.140. The van der Waals surface area contributed by atoms with Crippen LogP contribution in [0, 0.1) is 0 Å². The molecule has 0 spiro atoms. The fourth-order valence-electron chi connectivity index (χ4n) is 0.411. The van der Waals surface area contributed by atoms with Crippen LogP contribution in [0.4, 0.5) is 0 Å². The van der Waals surface area contributed by atoms with E-state index in [2.05, 4.69) is 11.3 Å². The number of esters is 1. The topological polar surface area (TPSA) is 63.6 Å². The summed E-state index contributed by atoms with van der Waals surface area (Å²) in [6, 6.07) is 0. The van der Waals surface area contributed by atoms with Gasteiger partial charge in [-0.3, -0.25) is 9.36 Å². The third-order valence-electron chi connectivity index (χ3n) is 1.00. The van der Waals surface area contributed by atoms with E-state index in [1.54, 1.807) is 0 Å². The number of hydrogen-bond donors (Lipinski definition) is 1. The van der Waals surface area contributed by atoms with Gasteiger partial charge < -0.3 is 9.63 Å². The SMILES string of the molecule is C=CP(=O)(O)CCOC(C)=O. The van der Waals surface area contributed by atoms with Crippen LogP contribution in [-0.2, 0) is 14.1 Å². The number of ether oxygens (including phenoxy) is 1. The van der Waals surface area contributed by atoms with Crippen LogP contribution in [0.1, 0.15) is 6.92 Å². The summed E-state index contributed by atoms with van der Waals surface area (Å²) in [6.45, 7) is 4.39. The number of carbonyl (C=O) groups excluding carboxylic acids is 1. The van der Waals surface area contributed by atoms with Crippen molar-refractivity contribution in [1.82, 2.24) is 0 Å². The molecule has 0 rings (SSSR count). The van der Waals surface area contributed by atoms with Gasteiger partial charge in [-0.2, -0.15) is 0 Å². The highest BCUT2D eigenvalue weighted by Crippen LogP contribution is 2.40. The van der Waals surface area contributed by atoms with Crippen LogP contribution in [0.2, 0.25) is 0 Å². The summed E-state index contributed by atoms with van der Waals surface area (Å²) in [5, 5.41) is 0. The molecule has 0 aromatic rings. The van der Waals surface area contributed by atoms with Crippen LogP contribution >= 0.6 is 7.37 Å². The normalized spacial score (nSPS) is 15.1. The quantitative estimate of drug-likeness (QED) is 0.514. The molecular formula is C6H11O4P. The molecule has 0 bridgehead atoms. The van der Waals surface area contributed by atoms with E-state index in [4.69, 9.17) is 4.89 Å². The summed E-state index contributed by atoms with van der Waals surface area (Å²) in [6.07, 6.45) is -0.0594. The van der Waals surface area contributed by atoms with Gasteiger partial charge in [0, 0.05) is 6.92 Å². The highest BCUT2D eigenvalue weighted by atomic mass is 31.2. The molecule has 0 saturated heterocycles. The Bertz CT molecular complexity index is 199. The highest BCUT2D eigenvalue weighted by molar-refractivity contribution is 7.61. The van der Waals surface area contributed by atoms with Crippen LogP contribution in [0.25, 0.3) is 0 Å². The van der Waals surface area contributed by atoms with E-state index >= 15 is 0 Å². The molecule has 0 amide bonds. The minimum Gasteiger partial charge on any atom is -0.465 e. The average molecular weight is 178 g/mol. The van der Waals surface area contributed by atoms with Crippen molar-refractivity contribution in [3.05, 3.63) is 12.4 Å². The molecular weight excluding hydrogens is 167 g/mol. The van der Waals surface area contributed by atoms with Gasteiger partial charge in [-0.05, 0) is 5.82 Å². The second kappa shape index (κ2) is 4.31. The molecule has 1 atom stereocenters. The first-order valence-corrected chi connectivity index (χ1v) is 4.98. The molecule has 0 radical (unpaired) electrons. The molecule has 0 heterocycles. The van der Waals surface area contributed by atoms with Crippen LogP contribution in [0.15, 0.2) is 12.4 Å². The standard InChI is InChI=1S/C6H11O4P/c1-3-11(8,9)5-4-10-6(2)7/h3H,1,4-5H2,2H3,(H,8,9). The maximum atomic E-state index is 10.8. The van der Waals surface area contributed by atoms with Gasteiger partial charge in [0.25, 0.3) is 0 Å². The molecule has 0 saturated carbocycles. The fraction of sp³-hybridized carbons (Fsp3) is 0.500. The van der Waals surface area contributed by atoms with E-state index in [0.717, 1.165) is 5.82 Å². The van der Waals surface area contributed by atoms with E-state index in [1.165, 1.54) is 6.92 Å². The Labute approximate surface area is 65.3 Å². The smallest absolute Gasteiger partial charge is 0.302 e. The molecule has 0 aliphatic heterocycles. The van der Waals surface area contributed by atoms with E-state index in [1.807, 2.05) is 0 Å². The Morgan fingerprint density at radius 2 is 2.36 bits per heavy atom. The van der Waals surface area contributed by atoms with Gasteiger partial charge in [0.15, 0.2) is 0 Å². The van der Waals surface area contributed by atoms with Crippen LogP contribution in [-0.4, -0.2) is 23.6 Å². The molecule has 4 nitrogen and oxygen atoms in total. The molecule has 5 heteroatoms. The van der Waals surface area contributed by atoms with Crippen molar-refractivity contribution < 1.29 is 19.0 Å². The Morgan fingerprint density at radius 1 is 1.82 bits per heavy atom. The van der Waals surface area contributed by atoms with Crippen molar-refractivity contribution in [1.29, 1.82) is 0 Å². The summed E-state index contributed by atoms with van der Waals surface area (Å²) in [5.74, 6) is 0.533. The van der Waals surface area contributed by atoms with Gasteiger partial charge in [-0.25, -0.2) is 0 Å². The molecule has 0 aromatic heterocycles. The first-order chi connectivity index (χ1) is 4.98. The predicted molar refractivity (Wildman–Crippen MR) is 41.5 cm³/mol. The zero-order valence-electron chi connectivity index (χ0n) is 6.32. The van der Waals surface area contributed by atoms with Gasteiger partial charge in [0.2, 0.25) is 7.37 Å².